The summed E-state index contributed by atoms with van der Waals surface area (Å²) >= 11 is 0. The van der Waals surface area contributed by atoms with Gasteiger partial charge in [-0.2, -0.15) is 0 Å². The summed E-state index contributed by atoms with van der Waals surface area (Å²) in [6.07, 6.45) is 6.01. The minimum atomic E-state index is 0.634. The predicted molar refractivity (Wildman–Crippen MR) is 68.3 cm³/mol. The van der Waals surface area contributed by atoms with Crippen molar-refractivity contribution in [1.82, 2.24) is 4.90 Å². The number of hydrogen-bond acceptors (Lipinski definition) is 1. The van der Waals surface area contributed by atoms with Crippen molar-refractivity contribution in [3.63, 3.8) is 0 Å². The maximum Gasteiger partial charge on any atom is 0.0133 e. The van der Waals surface area contributed by atoms with Crippen molar-refractivity contribution in [2.24, 2.45) is 23.2 Å². The number of fused-ring (bicyclic) bond motifs is 1. The molecule has 0 aromatic heterocycles. The van der Waals surface area contributed by atoms with Gasteiger partial charge in [0.2, 0.25) is 0 Å². The molecule has 2 saturated heterocycles. The Morgan fingerprint density at radius 3 is 2.44 bits per heavy atom. The Balaban J connectivity index is 1.62. The molecule has 1 heteroatoms. The monoisotopic (exact) mass is 221 g/mol. The van der Waals surface area contributed by atoms with Crippen molar-refractivity contribution in [3.05, 3.63) is 0 Å². The van der Waals surface area contributed by atoms with Crippen LogP contribution in [0.5, 0.6) is 0 Å². The second-order valence-corrected chi connectivity index (χ2v) is 7.48. The number of rotatable bonds is 4. The lowest BCUT2D eigenvalue weighted by Crippen LogP contribution is -2.43. The lowest BCUT2D eigenvalue weighted by molar-refractivity contribution is 0.0819. The van der Waals surface area contributed by atoms with Gasteiger partial charge in [0.15, 0.2) is 0 Å². The molecule has 3 atom stereocenters. The van der Waals surface area contributed by atoms with Crippen LogP contribution in [0.15, 0.2) is 0 Å². The molecule has 0 amide bonds. The summed E-state index contributed by atoms with van der Waals surface area (Å²) in [5, 5.41) is 0. The van der Waals surface area contributed by atoms with E-state index in [1.807, 2.05) is 0 Å². The molecule has 1 nitrogen and oxygen atoms in total. The average molecular weight is 221 g/mol. The normalized spacial score (nSPS) is 39.2. The lowest BCUT2D eigenvalue weighted by atomic mass is 9.65. The van der Waals surface area contributed by atoms with E-state index in [2.05, 4.69) is 32.6 Å². The minimum Gasteiger partial charge on any atom is -0.297 e. The summed E-state index contributed by atoms with van der Waals surface area (Å²) in [4.78, 5) is 2.76. The molecule has 0 aromatic rings. The molecular weight excluding hydrogens is 194 g/mol. The number of hydrogen-bond donors (Lipinski definition) is 0. The SMILES string of the molecule is CC(C)N1CC2CC1C2CC(C)(C)C1CC1. The molecule has 4 aliphatic rings. The van der Waals surface area contributed by atoms with Crippen LogP contribution in [0.2, 0.25) is 0 Å². The quantitative estimate of drug-likeness (QED) is 0.702. The van der Waals surface area contributed by atoms with Crippen LogP contribution in [0.25, 0.3) is 0 Å². The van der Waals surface area contributed by atoms with Gasteiger partial charge >= 0.3 is 0 Å². The highest BCUT2D eigenvalue weighted by Crippen LogP contribution is 2.56. The first-order valence-electron chi connectivity index (χ1n) is 7.25. The summed E-state index contributed by atoms with van der Waals surface area (Å²) in [6, 6.07) is 1.71. The molecule has 0 N–H and O–H groups in total. The molecule has 3 unspecified atom stereocenters. The lowest BCUT2D eigenvalue weighted by Gasteiger charge is -2.42. The van der Waals surface area contributed by atoms with Crippen molar-refractivity contribution < 1.29 is 0 Å². The van der Waals surface area contributed by atoms with Crippen LogP contribution in [0.1, 0.15) is 53.4 Å². The van der Waals surface area contributed by atoms with E-state index in [9.17, 15) is 0 Å². The molecule has 2 aliphatic carbocycles. The smallest absolute Gasteiger partial charge is 0.0133 e. The van der Waals surface area contributed by atoms with Crippen molar-refractivity contribution in [2.45, 2.75) is 65.5 Å². The molecule has 2 heterocycles. The molecule has 16 heavy (non-hydrogen) atoms. The van der Waals surface area contributed by atoms with Gasteiger partial charge in [0, 0.05) is 18.6 Å². The van der Waals surface area contributed by atoms with E-state index in [1.54, 1.807) is 0 Å². The summed E-state index contributed by atoms with van der Waals surface area (Å²) in [7, 11) is 0. The third-order valence-electron chi connectivity index (χ3n) is 5.62. The van der Waals surface area contributed by atoms with Gasteiger partial charge in [-0.05, 0) is 62.7 Å². The van der Waals surface area contributed by atoms with Gasteiger partial charge in [-0.1, -0.05) is 13.8 Å². The van der Waals surface area contributed by atoms with Crippen molar-refractivity contribution in [2.75, 3.05) is 6.54 Å². The standard InChI is InChI=1S/C15H27N/c1-10(2)16-9-11-7-14(16)13(11)8-15(3,4)12-5-6-12/h10-14H,5-9H2,1-4H3. The summed E-state index contributed by atoms with van der Waals surface area (Å²) < 4.78 is 0. The van der Waals surface area contributed by atoms with Crippen LogP contribution in [0, 0.1) is 23.2 Å². The molecule has 0 aromatic carbocycles. The highest BCUT2D eigenvalue weighted by molar-refractivity contribution is 5.07. The molecule has 4 fully saturated rings. The van der Waals surface area contributed by atoms with E-state index in [-0.39, 0.29) is 0 Å². The Kier molecular flexibility index (Phi) is 2.41. The van der Waals surface area contributed by atoms with E-state index < -0.39 is 0 Å². The van der Waals surface area contributed by atoms with Crippen LogP contribution in [-0.4, -0.2) is 23.5 Å². The van der Waals surface area contributed by atoms with Crippen molar-refractivity contribution in [3.8, 4) is 0 Å². The van der Waals surface area contributed by atoms with Crippen molar-refractivity contribution >= 4 is 0 Å². The van der Waals surface area contributed by atoms with Crippen LogP contribution in [0.3, 0.4) is 0 Å². The van der Waals surface area contributed by atoms with Gasteiger partial charge in [-0.15, -0.1) is 0 Å². The minimum absolute atomic E-state index is 0.634. The summed E-state index contributed by atoms with van der Waals surface area (Å²) in [6.45, 7) is 11.2. The average Bonchev–Trinajstić information content (AvgIpc) is 2.87. The third kappa shape index (κ3) is 1.63. The summed E-state index contributed by atoms with van der Waals surface area (Å²) in [5.74, 6) is 3.14. The van der Waals surface area contributed by atoms with Crippen LogP contribution >= 0.6 is 0 Å². The van der Waals surface area contributed by atoms with Gasteiger partial charge in [0.25, 0.3) is 0 Å². The molecule has 92 valence electrons. The zero-order chi connectivity index (χ0) is 11.5. The first kappa shape index (κ1) is 11.1. The zero-order valence-corrected chi connectivity index (χ0v) is 11.4. The Hall–Kier alpha value is -0.0400. The Bertz CT molecular complexity index is 277. The number of nitrogens with zero attached hydrogens (tertiary/aromatic N) is 1. The molecule has 0 spiro atoms. The van der Waals surface area contributed by atoms with Crippen LogP contribution < -0.4 is 0 Å². The molecule has 2 aliphatic heterocycles. The molecule has 4 rings (SSSR count). The van der Waals surface area contributed by atoms with E-state index in [0.29, 0.717) is 5.41 Å². The first-order valence-corrected chi connectivity index (χ1v) is 7.25. The van der Waals surface area contributed by atoms with E-state index >= 15 is 0 Å². The van der Waals surface area contributed by atoms with Crippen LogP contribution in [-0.2, 0) is 0 Å². The van der Waals surface area contributed by atoms with Gasteiger partial charge < -0.3 is 0 Å². The van der Waals surface area contributed by atoms with Crippen LogP contribution in [0.4, 0.5) is 0 Å². The Morgan fingerprint density at radius 2 is 1.94 bits per heavy atom. The third-order valence-corrected chi connectivity index (χ3v) is 5.62. The zero-order valence-electron chi connectivity index (χ0n) is 11.4. The van der Waals surface area contributed by atoms with E-state index in [0.717, 1.165) is 29.8 Å². The second-order valence-electron chi connectivity index (χ2n) is 7.48. The molecule has 0 radical (unpaired) electrons. The fourth-order valence-electron chi connectivity index (χ4n) is 4.31. The Labute approximate surface area is 101 Å². The van der Waals surface area contributed by atoms with Crippen molar-refractivity contribution in [1.29, 1.82) is 0 Å². The van der Waals surface area contributed by atoms with Gasteiger partial charge in [-0.25, -0.2) is 0 Å². The van der Waals surface area contributed by atoms with Gasteiger partial charge in [-0.3, -0.25) is 4.90 Å². The van der Waals surface area contributed by atoms with Gasteiger partial charge in [0.1, 0.15) is 0 Å². The highest BCUT2D eigenvalue weighted by Gasteiger charge is 2.54. The topological polar surface area (TPSA) is 3.24 Å². The fourth-order valence-corrected chi connectivity index (χ4v) is 4.31. The summed E-state index contributed by atoms with van der Waals surface area (Å²) in [5.41, 5.74) is 0.634. The fraction of sp³-hybridized carbons (Fsp3) is 1.00. The van der Waals surface area contributed by atoms with E-state index in [1.165, 1.54) is 32.2 Å². The molecular formula is C15H27N. The van der Waals surface area contributed by atoms with E-state index in [4.69, 9.17) is 0 Å². The predicted octanol–water partition coefficient (Wildman–Crippen LogP) is 3.54. The first-order chi connectivity index (χ1) is 7.49. The second kappa shape index (κ2) is 3.48. The van der Waals surface area contributed by atoms with Gasteiger partial charge in [0.05, 0.1) is 0 Å². The molecule has 2 saturated carbocycles. The Morgan fingerprint density at radius 1 is 1.25 bits per heavy atom. The highest BCUT2D eigenvalue weighted by atomic mass is 15.2. The molecule has 2 bridgehead atoms. The maximum absolute atomic E-state index is 2.76. The maximum atomic E-state index is 2.76. The largest absolute Gasteiger partial charge is 0.297 e.